The van der Waals surface area contributed by atoms with Gasteiger partial charge in [-0.05, 0) is 43.2 Å². The molecule has 1 aliphatic heterocycles. The summed E-state index contributed by atoms with van der Waals surface area (Å²) in [6.45, 7) is 3.02. The molecule has 0 aliphatic carbocycles. The van der Waals surface area contributed by atoms with Crippen LogP contribution in [0.5, 0.6) is 5.75 Å². The van der Waals surface area contributed by atoms with Crippen molar-refractivity contribution in [2.24, 2.45) is 5.73 Å². The van der Waals surface area contributed by atoms with Crippen LogP contribution in [0.3, 0.4) is 0 Å². The molecule has 2 unspecified atom stereocenters. The average Bonchev–Trinajstić information content (AvgIpc) is 2.39. The molecule has 94 valence electrons. The lowest BCUT2D eigenvalue weighted by Crippen LogP contribution is -2.19. The van der Waals surface area contributed by atoms with Crippen molar-refractivity contribution in [3.8, 4) is 5.75 Å². The lowest BCUT2D eigenvalue weighted by Gasteiger charge is -2.26. The zero-order valence-electron chi connectivity index (χ0n) is 10.7. The van der Waals surface area contributed by atoms with E-state index in [0.29, 0.717) is 12.0 Å². The number of rotatable bonds is 5. The highest BCUT2D eigenvalue weighted by molar-refractivity contribution is 5.37. The highest BCUT2D eigenvalue weighted by Gasteiger charge is 2.20. The van der Waals surface area contributed by atoms with E-state index in [2.05, 4.69) is 25.1 Å². The molecular formula is C15H23NO. The Labute approximate surface area is 104 Å². The summed E-state index contributed by atoms with van der Waals surface area (Å²) in [6.07, 6.45) is 5.86. The first kappa shape index (κ1) is 12.4. The number of fused-ring (bicyclic) bond motifs is 1. The summed E-state index contributed by atoms with van der Waals surface area (Å²) in [6, 6.07) is 8.83. The first-order chi connectivity index (χ1) is 8.31. The molecular weight excluding hydrogens is 210 g/mol. The topological polar surface area (TPSA) is 35.2 Å². The van der Waals surface area contributed by atoms with Gasteiger partial charge in [0.2, 0.25) is 0 Å². The van der Waals surface area contributed by atoms with Crippen LogP contribution in [0.1, 0.15) is 50.5 Å². The van der Waals surface area contributed by atoms with E-state index < -0.39 is 0 Å². The lowest BCUT2D eigenvalue weighted by molar-refractivity contribution is 0.261. The molecule has 2 heteroatoms. The maximum Gasteiger partial charge on any atom is 0.122 e. The predicted octanol–water partition coefficient (Wildman–Crippen LogP) is 3.46. The monoisotopic (exact) mass is 233 g/mol. The van der Waals surface area contributed by atoms with Crippen molar-refractivity contribution in [2.45, 2.75) is 51.0 Å². The molecule has 0 amide bonds. The molecule has 0 spiro atoms. The molecule has 2 atom stereocenters. The van der Waals surface area contributed by atoms with Crippen LogP contribution in [0.15, 0.2) is 24.3 Å². The summed E-state index contributed by atoms with van der Waals surface area (Å²) >= 11 is 0. The summed E-state index contributed by atoms with van der Waals surface area (Å²) in [5, 5.41) is 0. The van der Waals surface area contributed by atoms with E-state index in [1.807, 2.05) is 6.07 Å². The summed E-state index contributed by atoms with van der Waals surface area (Å²) in [4.78, 5) is 0. The first-order valence-corrected chi connectivity index (χ1v) is 6.78. The van der Waals surface area contributed by atoms with Crippen molar-refractivity contribution in [3.05, 3.63) is 29.8 Å². The van der Waals surface area contributed by atoms with Gasteiger partial charge in [-0.2, -0.15) is 0 Å². The highest BCUT2D eigenvalue weighted by Crippen LogP contribution is 2.36. The SMILES string of the molecule is CCC(N)CCCC1CCOc2ccccc21. The van der Waals surface area contributed by atoms with Crippen LogP contribution in [0, 0.1) is 0 Å². The summed E-state index contributed by atoms with van der Waals surface area (Å²) in [5.74, 6) is 1.76. The molecule has 2 nitrogen and oxygen atoms in total. The molecule has 0 saturated heterocycles. The van der Waals surface area contributed by atoms with Crippen LogP contribution in [-0.2, 0) is 0 Å². The van der Waals surface area contributed by atoms with Gasteiger partial charge < -0.3 is 10.5 Å². The van der Waals surface area contributed by atoms with E-state index >= 15 is 0 Å². The van der Waals surface area contributed by atoms with Gasteiger partial charge in [0.05, 0.1) is 6.61 Å². The molecule has 1 aliphatic rings. The zero-order valence-corrected chi connectivity index (χ0v) is 10.7. The van der Waals surface area contributed by atoms with E-state index in [4.69, 9.17) is 10.5 Å². The van der Waals surface area contributed by atoms with Crippen molar-refractivity contribution in [3.63, 3.8) is 0 Å². The van der Waals surface area contributed by atoms with E-state index in [-0.39, 0.29) is 0 Å². The summed E-state index contributed by atoms with van der Waals surface area (Å²) in [5.41, 5.74) is 7.35. The van der Waals surface area contributed by atoms with Crippen LogP contribution < -0.4 is 10.5 Å². The normalized spacial score (nSPS) is 20.5. The zero-order chi connectivity index (χ0) is 12.1. The molecule has 0 bridgehead atoms. The van der Waals surface area contributed by atoms with Gasteiger partial charge in [0, 0.05) is 6.04 Å². The predicted molar refractivity (Wildman–Crippen MR) is 71.4 cm³/mol. The second-order valence-corrected chi connectivity index (χ2v) is 4.97. The fraction of sp³-hybridized carbons (Fsp3) is 0.600. The molecule has 2 rings (SSSR count). The van der Waals surface area contributed by atoms with Gasteiger partial charge in [0.25, 0.3) is 0 Å². The van der Waals surface area contributed by atoms with E-state index in [1.165, 1.54) is 18.4 Å². The Morgan fingerprint density at radius 1 is 1.41 bits per heavy atom. The van der Waals surface area contributed by atoms with Gasteiger partial charge in [0.1, 0.15) is 5.75 Å². The molecule has 2 N–H and O–H groups in total. The minimum Gasteiger partial charge on any atom is -0.493 e. The lowest BCUT2D eigenvalue weighted by atomic mass is 9.88. The number of para-hydroxylation sites is 1. The Kier molecular flexibility index (Phi) is 4.43. The fourth-order valence-electron chi connectivity index (χ4n) is 2.55. The third-order valence-electron chi connectivity index (χ3n) is 3.73. The van der Waals surface area contributed by atoms with Gasteiger partial charge in [-0.25, -0.2) is 0 Å². The standard InChI is InChI=1S/C15H23NO/c1-2-13(16)7-5-6-12-10-11-17-15-9-4-3-8-14(12)15/h3-4,8-9,12-13H,2,5-7,10-11,16H2,1H3. The molecule has 0 saturated carbocycles. The minimum absolute atomic E-state index is 0.380. The molecule has 1 aromatic rings. The van der Waals surface area contributed by atoms with E-state index in [0.717, 1.165) is 31.6 Å². The third-order valence-corrected chi connectivity index (χ3v) is 3.73. The van der Waals surface area contributed by atoms with Crippen LogP contribution in [0.25, 0.3) is 0 Å². The number of benzene rings is 1. The van der Waals surface area contributed by atoms with Gasteiger partial charge in [-0.3, -0.25) is 0 Å². The molecule has 0 fully saturated rings. The maximum atomic E-state index is 5.96. The Morgan fingerprint density at radius 2 is 2.24 bits per heavy atom. The summed E-state index contributed by atoms with van der Waals surface area (Å²) < 4.78 is 5.68. The Bertz CT molecular complexity index is 351. The molecule has 0 aromatic heterocycles. The van der Waals surface area contributed by atoms with Crippen LogP contribution >= 0.6 is 0 Å². The third kappa shape index (κ3) is 3.22. The number of hydrogen-bond acceptors (Lipinski definition) is 2. The van der Waals surface area contributed by atoms with Gasteiger partial charge in [-0.1, -0.05) is 31.5 Å². The summed E-state index contributed by atoms with van der Waals surface area (Å²) in [7, 11) is 0. The average molecular weight is 233 g/mol. The van der Waals surface area contributed by atoms with Crippen molar-refractivity contribution >= 4 is 0 Å². The Balaban J connectivity index is 1.90. The first-order valence-electron chi connectivity index (χ1n) is 6.78. The second-order valence-electron chi connectivity index (χ2n) is 4.97. The number of hydrogen-bond donors (Lipinski definition) is 1. The van der Waals surface area contributed by atoms with Gasteiger partial charge in [0.15, 0.2) is 0 Å². The quantitative estimate of drug-likeness (QED) is 0.845. The van der Waals surface area contributed by atoms with Gasteiger partial charge >= 0.3 is 0 Å². The maximum absolute atomic E-state index is 5.96. The van der Waals surface area contributed by atoms with Crippen molar-refractivity contribution < 1.29 is 4.74 Å². The van der Waals surface area contributed by atoms with Crippen molar-refractivity contribution in [2.75, 3.05) is 6.61 Å². The largest absolute Gasteiger partial charge is 0.493 e. The van der Waals surface area contributed by atoms with Crippen molar-refractivity contribution in [1.82, 2.24) is 0 Å². The van der Waals surface area contributed by atoms with Crippen LogP contribution in [0.2, 0.25) is 0 Å². The molecule has 17 heavy (non-hydrogen) atoms. The van der Waals surface area contributed by atoms with Crippen LogP contribution in [-0.4, -0.2) is 12.6 Å². The second kappa shape index (κ2) is 6.06. The van der Waals surface area contributed by atoms with E-state index in [9.17, 15) is 0 Å². The Morgan fingerprint density at radius 3 is 3.06 bits per heavy atom. The smallest absolute Gasteiger partial charge is 0.122 e. The molecule has 0 radical (unpaired) electrons. The van der Waals surface area contributed by atoms with Gasteiger partial charge in [-0.15, -0.1) is 0 Å². The Hall–Kier alpha value is -1.02. The number of nitrogens with two attached hydrogens (primary N) is 1. The molecule has 1 heterocycles. The number of ether oxygens (including phenoxy) is 1. The highest BCUT2D eigenvalue weighted by atomic mass is 16.5. The van der Waals surface area contributed by atoms with E-state index in [1.54, 1.807) is 0 Å². The fourth-order valence-corrected chi connectivity index (χ4v) is 2.55. The van der Waals surface area contributed by atoms with Crippen LogP contribution in [0.4, 0.5) is 0 Å². The van der Waals surface area contributed by atoms with Crippen molar-refractivity contribution in [1.29, 1.82) is 0 Å². The molecule has 1 aromatic carbocycles. The minimum atomic E-state index is 0.380.